The lowest BCUT2D eigenvalue weighted by molar-refractivity contribution is 0.589. The van der Waals surface area contributed by atoms with E-state index in [9.17, 15) is 8.42 Å². The second-order valence-electron chi connectivity index (χ2n) is 2.58. The van der Waals surface area contributed by atoms with Crippen LogP contribution in [0.5, 0.6) is 0 Å². The molecular weight excluding hydrogens is 286 g/mol. The Morgan fingerprint density at radius 2 is 1.86 bits per heavy atom. The highest BCUT2D eigenvalue weighted by Crippen LogP contribution is 2.27. The van der Waals surface area contributed by atoms with Crippen LogP contribution in [-0.4, -0.2) is 12.4 Å². The molecule has 6 heteroatoms. The largest absolute Gasteiger partial charge is 0.277 e. The van der Waals surface area contributed by atoms with Crippen LogP contribution in [0, 0.1) is 0 Å². The lowest BCUT2D eigenvalue weighted by atomic mass is 10.7. The summed E-state index contributed by atoms with van der Waals surface area (Å²) in [4.78, 5) is 0. The summed E-state index contributed by atoms with van der Waals surface area (Å²) in [6.45, 7) is 0. The first-order chi connectivity index (χ1) is 6.60. The molecule has 3 nitrogen and oxygen atoms in total. The second kappa shape index (κ2) is 3.52. The zero-order chi connectivity index (χ0) is 10.2. The van der Waals surface area contributed by atoms with Crippen molar-refractivity contribution in [3.8, 4) is 0 Å². The topological polar surface area (TPSA) is 39.1 Å². The molecule has 0 amide bonds. The maximum absolute atomic E-state index is 11.9. The Morgan fingerprint density at radius 1 is 1.21 bits per heavy atom. The quantitative estimate of drug-likeness (QED) is 0.853. The number of aromatic nitrogens is 1. The number of hydrogen-bond acceptors (Lipinski definition) is 3. The fraction of sp³-hybridized carbons (Fsp3) is 0. The molecule has 0 aliphatic rings. The summed E-state index contributed by atoms with van der Waals surface area (Å²) in [5.74, 6) is 0. The van der Waals surface area contributed by atoms with Crippen LogP contribution in [0.3, 0.4) is 0 Å². The molecule has 2 rings (SSSR count). The van der Waals surface area contributed by atoms with Crippen LogP contribution in [0.25, 0.3) is 0 Å². The average Bonchev–Trinajstić information content (AvgIpc) is 2.72. The minimum Gasteiger partial charge on any atom is -0.248 e. The molecule has 2 aromatic heterocycles. The summed E-state index contributed by atoms with van der Waals surface area (Å²) in [6.07, 6.45) is 3.03. The minimum absolute atomic E-state index is 0.334. The predicted octanol–water partition coefficient (Wildman–Crippen LogP) is 2.55. The highest BCUT2D eigenvalue weighted by atomic mass is 79.9. The van der Waals surface area contributed by atoms with E-state index in [0.717, 1.165) is 3.79 Å². The molecule has 74 valence electrons. The van der Waals surface area contributed by atoms with Crippen molar-refractivity contribution >= 4 is 37.3 Å². The van der Waals surface area contributed by atoms with Crippen molar-refractivity contribution < 1.29 is 8.42 Å². The third-order valence-corrected chi connectivity index (χ3v) is 5.40. The minimum atomic E-state index is -3.37. The zero-order valence-corrected chi connectivity index (χ0v) is 10.1. The molecule has 0 radical (unpaired) electrons. The summed E-state index contributed by atoms with van der Waals surface area (Å²) < 4.78 is 26.1. The fourth-order valence-corrected chi connectivity index (χ4v) is 4.32. The van der Waals surface area contributed by atoms with E-state index in [4.69, 9.17) is 0 Å². The molecule has 0 saturated heterocycles. The molecule has 0 fully saturated rings. The van der Waals surface area contributed by atoms with Crippen molar-refractivity contribution in [2.45, 2.75) is 4.21 Å². The number of rotatable bonds is 2. The standard InChI is InChI=1S/C8H6BrNO2S2/c9-7-3-4-8(13-7)14(11,12)10-5-1-2-6-10/h1-6H. The number of nitrogens with zero attached hydrogens (tertiary/aromatic N) is 1. The van der Waals surface area contributed by atoms with E-state index in [1.54, 1.807) is 24.3 Å². The van der Waals surface area contributed by atoms with Gasteiger partial charge >= 0.3 is 0 Å². The van der Waals surface area contributed by atoms with E-state index < -0.39 is 10.0 Å². The van der Waals surface area contributed by atoms with Crippen molar-refractivity contribution in [2.75, 3.05) is 0 Å². The predicted molar refractivity (Wildman–Crippen MR) is 59.0 cm³/mol. The van der Waals surface area contributed by atoms with E-state index in [0.29, 0.717) is 4.21 Å². The maximum Gasteiger partial charge on any atom is 0.277 e. The first kappa shape index (κ1) is 9.95. The van der Waals surface area contributed by atoms with Crippen molar-refractivity contribution in [1.82, 2.24) is 3.97 Å². The third-order valence-electron chi connectivity index (χ3n) is 1.66. The van der Waals surface area contributed by atoms with Gasteiger partial charge in [0.2, 0.25) is 0 Å². The van der Waals surface area contributed by atoms with Gasteiger partial charge in [-0.3, -0.25) is 0 Å². The van der Waals surface area contributed by atoms with Gasteiger partial charge in [0, 0.05) is 12.4 Å². The first-order valence-corrected chi connectivity index (χ1v) is 6.79. The molecule has 0 saturated carbocycles. The van der Waals surface area contributed by atoms with E-state index in [1.165, 1.54) is 27.7 Å². The Hall–Kier alpha value is -0.590. The number of halogens is 1. The number of hydrogen-bond donors (Lipinski definition) is 0. The van der Waals surface area contributed by atoms with Gasteiger partial charge in [-0.1, -0.05) is 0 Å². The monoisotopic (exact) mass is 291 g/mol. The van der Waals surface area contributed by atoms with Crippen LogP contribution in [0.4, 0.5) is 0 Å². The van der Waals surface area contributed by atoms with Gasteiger partial charge in [0.1, 0.15) is 4.21 Å². The lowest BCUT2D eigenvalue weighted by Gasteiger charge is -2.01. The maximum atomic E-state index is 11.9. The normalized spacial score (nSPS) is 11.8. The smallest absolute Gasteiger partial charge is 0.248 e. The highest BCUT2D eigenvalue weighted by molar-refractivity contribution is 9.11. The molecule has 0 aliphatic carbocycles. The molecule has 0 bridgehead atoms. The van der Waals surface area contributed by atoms with E-state index in [2.05, 4.69) is 15.9 Å². The molecule has 0 atom stereocenters. The summed E-state index contributed by atoms with van der Waals surface area (Å²) in [6, 6.07) is 6.67. The van der Waals surface area contributed by atoms with Gasteiger partial charge in [-0.2, -0.15) is 8.42 Å². The molecule has 2 heterocycles. The van der Waals surface area contributed by atoms with Gasteiger partial charge in [0.05, 0.1) is 3.79 Å². The van der Waals surface area contributed by atoms with Gasteiger partial charge in [0.15, 0.2) is 0 Å². The van der Waals surface area contributed by atoms with E-state index in [-0.39, 0.29) is 0 Å². The lowest BCUT2D eigenvalue weighted by Crippen LogP contribution is -2.08. The van der Waals surface area contributed by atoms with Crippen molar-refractivity contribution in [2.24, 2.45) is 0 Å². The van der Waals surface area contributed by atoms with Crippen LogP contribution in [0.15, 0.2) is 44.7 Å². The SMILES string of the molecule is O=S(=O)(c1ccc(Br)s1)n1cccc1. The molecule has 2 aromatic rings. The summed E-state index contributed by atoms with van der Waals surface area (Å²) in [7, 11) is -3.37. The highest BCUT2D eigenvalue weighted by Gasteiger charge is 2.17. The Balaban J connectivity index is 2.54. The van der Waals surface area contributed by atoms with E-state index in [1.807, 2.05) is 0 Å². The Kier molecular flexibility index (Phi) is 2.50. The van der Waals surface area contributed by atoms with Gasteiger partial charge in [-0.25, -0.2) is 3.97 Å². The Morgan fingerprint density at radius 3 is 2.36 bits per heavy atom. The van der Waals surface area contributed by atoms with Crippen molar-refractivity contribution in [3.05, 3.63) is 40.4 Å². The van der Waals surface area contributed by atoms with Gasteiger partial charge < -0.3 is 0 Å². The van der Waals surface area contributed by atoms with Gasteiger partial charge in [0.25, 0.3) is 10.0 Å². The Labute approximate surface area is 94.2 Å². The fourth-order valence-electron chi connectivity index (χ4n) is 1.02. The van der Waals surface area contributed by atoms with E-state index >= 15 is 0 Å². The van der Waals surface area contributed by atoms with Crippen LogP contribution < -0.4 is 0 Å². The Bertz CT molecular complexity index is 527. The molecule has 0 spiro atoms. The van der Waals surface area contributed by atoms with Crippen molar-refractivity contribution in [1.29, 1.82) is 0 Å². The van der Waals surface area contributed by atoms with Gasteiger partial charge in [-0.15, -0.1) is 11.3 Å². The summed E-state index contributed by atoms with van der Waals surface area (Å²) in [5, 5.41) is 0. The molecule has 0 unspecified atom stereocenters. The zero-order valence-electron chi connectivity index (χ0n) is 6.92. The van der Waals surface area contributed by atoms with Crippen LogP contribution in [-0.2, 0) is 10.0 Å². The summed E-state index contributed by atoms with van der Waals surface area (Å²) in [5.41, 5.74) is 0. The molecule has 0 aromatic carbocycles. The van der Waals surface area contributed by atoms with Crippen LogP contribution in [0.1, 0.15) is 0 Å². The van der Waals surface area contributed by atoms with Crippen LogP contribution in [0.2, 0.25) is 0 Å². The molecule has 0 aliphatic heterocycles. The van der Waals surface area contributed by atoms with Gasteiger partial charge in [-0.05, 0) is 40.2 Å². The first-order valence-electron chi connectivity index (χ1n) is 3.74. The number of thiophene rings is 1. The average molecular weight is 292 g/mol. The van der Waals surface area contributed by atoms with Crippen molar-refractivity contribution in [3.63, 3.8) is 0 Å². The second-order valence-corrected chi connectivity index (χ2v) is 7.11. The van der Waals surface area contributed by atoms with Crippen LogP contribution >= 0.6 is 27.3 Å². The molecular formula is C8H6BrNO2S2. The summed E-state index contributed by atoms with van der Waals surface area (Å²) >= 11 is 4.43. The third kappa shape index (κ3) is 1.65. The molecule has 0 N–H and O–H groups in total. The molecule has 14 heavy (non-hydrogen) atoms.